The number of hydrogen-bond acceptors (Lipinski definition) is 6. The summed E-state index contributed by atoms with van der Waals surface area (Å²) in [4.78, 5) is 24.7. The number of ether oxygens (including phenoxy) is 3. The van der Waals surface area contributed by atoms with Crippen molar-refractivity contribution in [2.75, 3.05) is 13.7 Å². The maximum Gasteiger partial charge on any atom is 0.343 e. The van der Waals surface area contributed by atoms with Gasteiger partial charge in [0.1, 0.15) is 5.75 Å². The van der Waals surface area contributed by atoms with E-state index in [9.17, 15) is 9.59 Å². The minimum absolute atomic E-state index is 0.273. The summed E-state index contributed by atoms with van der Waals surface area (Å²) in [6, 6.07) is 18.8. The van der Waals surface area contributed by atoms with Crippen LogP contribution in [0.1, 0.15) is 46.0 Å². The van der Waals surface area contributed by atoms with E-state index in [0.717, 1.165) is 23.1 Å². The molecule has 176 valence electrons. The maximum atomic E-state index is 12.4. The van der Waals surface area contributed by atoms with Gasteiger partial charge in [-0.25, -0.2) is 10.2 Å². The van der Waals surface area contributed by atoms with Crippen molar-refractivity contribution < 1.29 is 23.8 Å². The Morgan fingerprint density at radius 2 is 1.79 bits per heavy atom. The zero-order chi connectivity index (χ0) is 24.3. The molecule has 0 radical (unpaired) electrons. The standard InChI is InChI=1S/C26H25BrN2O5/c1-3-4-14-33-22-11-9-19(10-12-22)25(30)29-28-17-18-8-13-23(24(15-18)32-2)34-26(31)20-6-5-7-21(27)16-20/h5-13,15-17H,3-4,14H2,1-2H3,(H,29,30). The van der Waals surface area contributed by atoms with E-state index in [-0.39, 0.29) is 11.7 Å². The van der Waals surface area contributed by atoms with Crippen molar-refractivity contribution in [3.63, 3.8) is 0 Å². The van der Waals surface area contributed by atoms with Crippen LogP contribution >= 0.6 is 15.9 Å². The summed E-state index contributed by atoms with van der Waals surface area (Å²) in [7, 11) is 1.48. The Kier molecular flexibility index (Phi) is 9.22. The van der Waals surface area contributed by atoms with Crippen molar-refractivity contribution >= 4 is 34.0 Å². The van der Waals surface area contributed by atoms with Crippen molar-refractivity contribution in [1.82, 2.24) is 5.43 Å². The van der Waals surface area contributed by atoms with E-state index in [0.29, 0.717) is 29.0 Å². The maximum absolute atomic E-state index is 12.4. The SMILES string of the molecule is CCCCOc1ccc(C(=O)NN=Cc2ccc(OC(=O)c3cccc(Br)c3)c(OC)c2)cc1. The zero-order valence-electron chi connectivity index (χ0n) is 18.9. The van der Waals surface area contributed by atoms with Gasteiger partial charge in [-0.1, -0.05) is 35.3 Å². The summed E-state index contributed by atoms with van der Waals surface area (Å²) in [5.41, 5.74) is 4.01. The van der Waals surface area contributed by atoms with E-state index in [1.54, 1.807) is 60.7 Å². The van der Waals surface area contributed by atoms with Crippen LogP contribution in [0.25, 0.3) is 0 Å². The molecule has 0 spiro atoms. The molecule has 1 amide bonds. The minimum atomic E-state index is -0.505. The zero-order valence-corrected chi connectivity index (χ0v) is 20.5. The van der Waals surface area contributed by atoms with Crippen molar-refractivity contribution in [2.24, 2.45) is 5.10 Å². The number of nitrogens with zero attached hydrogens (tertiary/aromatic N) is 1. The average Bonchev–Trinajstić information content (AvgIpc) is 2.85. The number of esters is 1. The second-order valence-corrected chi connectivity index (χ2v) is 8.15. The molecule has 0 saturated heterocycles. The molecule has 3 aromatic rings. The molecule has 0 aliphatic rings. The monoisotopic (exact) mass is 524 g/mol. The lowest BCUT2D eigenvalue weighted by atomic mass is 10.2. The number of hydrazone groups is 1. The number of hydrogen-bond donors (Lipinski definition) is 1. The molecular formula is C26H25BrN2O5. The summed E-state index contributed by atoms with van der Waals surface area (Å²) in [5.74, 6) is 0.506. The number of nitrogens with one attached hydrogen (secondary N) is 1. The highest BCUT2D eigenvalue weighted by molar-refractivity contribution is 9.10. The quantitative estimate of drug-likeness (QED) is 0.122. The van der Waals surface area contributed by atoms with Gasteiger partial charge >= 0.3 is 5.97 Å². The molecule has 0 atom stereocenters. The average molecular weight is 525 g/mol. The van der Waals surface area contributed by atoms with Gasteiger partial charge in [-0.05, 0) is 72.6 Å². The summed E-state index contributed by atoms with van der Waals surface area (Å²) >= 11 is 3.33. The minimum Gasteiger partial charge on any atom is -0.494 e. The van der Waals surface area contributed by atoms with E-state index >= 15 is 0 Å². The summed E-state index contributed by atoms with van der Waals surface area (Å²) in [6.45, 7) is 2.75. The molecule has 3 rings (SSSR count). The molecule has 0 heterocycles. The Morgan fingerprint density at radius 3 is 2.50 bits per heavy atom. The van der Waals surface area contributed by atoms with Crippen LogP contribution in [0.3, 0.4) is 0 Å². The van der Waals surface area contributed by atoms with Crippen LogP contribution in [0.5, 0.6) is 17.2 Å². The van der Waals surface area contributed by atoms with Crippen molar-refractivity contribution in [2.45, 2.75) is 19.8 Å². The molecular weight excluding hydrogens is 500 g/mol. The van der Waals surface area contributed by atoms with Gasteiger partial charge in [-0.3, -0.25) is 4.79 Å². The van der Waals surface area contributed by atoms with E-state index in [4.69, 9.17) is 14.2 Å². The highest BCUT2D eigenvalue weighted by atomic mass is 79.9. The first kappa shape index (κ1) is 25.0. The lowest BCUT2D eigenvalue weighted by Gasteiger charge is -2.10. The van der Waals surface area contributed by atoms with Crippen LogP contribution in [-0.4, -0.2) is 31.8 Å². The van der Waals surface area contributed by atoms with Crippen molar-refractivity contribution in [3.8, 4) is 17.2 Å². The predicted molar refractivity (Wildman–Crippen MR) is 134 cm³/mol. The third kappa shape index (κ3) is 7.18. The number of methoxy groups -OCH3 is 1. The smallest absolute Gasteiger partial charge is 0.343 e. The van der Waals surface area contributed by atoms with Crippen molar-refractivity contribution in [3.05, 3.63) is 87.9 Å². The molecule has 0 saturated carbocycles. The fourth-order valence-electron chi connectivity index (χ4n) is 2.89. The molecule has 34 heavy (non-hydrogen) atoms. The molecule has 3 aromatic carbocycles. The highest BCUT2D eigenvalue weighted by Gasteiger charge is 2.13. The first-order valence-corrected chi connectivity index (χ1v) is 11.5. The largest absolute Gasteiger partial charge is 0.494 e. The lowest BCUT2D eigenvalue weighted by Crippen LogP contribution is -2.17. The molecule has 0 fully saturated rings. The molecule has 0 aliphatic heterocycles. The number of rotatable bonds is 10. The number of halogens is 1. The first-order valence-electron chi connectivity index (χ1n) is 10.7. The summed E-state index contributed by atoms with van der Waals surface area (Å²) in [5, 5.41) is 4.00. The van der Waals surface area contributed by atoms with Gasteiger partial charge in [0.2, 0.25) is 0 Å². The molecule has 0 aromatic heterocycles. The van der Waals surface area contributed by atoms with E-state index in [2.05, 4.69) is 33.4 Å². The Labute approximate surface area is 206 Å². The van der Waals surface area contributed by atoms with E-state index < -0.39 is 5.97 Å². The Balaban J connectivity index is 1.59. The van der Waals surface area contributed by atoms with Gasteiger partial charge in [0.15, 0.2) is 11.5 Å². The van der Waals surface area contributed by atoms with Gasteiger partial charge in [-0.2, -0.15) is 5.10 Å². The van der Waals surface area contributed by atoms with Gasteiger partial charge in [0, 0.05) is 10.0 Å². The van der Waals surface area contributed by atoms with Crippen LogP contribution in [0.15, 0.2) is 76.3 Å². The lowest BCUT2D eigenvalue weighted by molar-refractivity contribution is 0.0729. The number of carbonyl (C=O) groups excluding carboxylic acids is 2. The summed E-state index contributed by atoms with van der Waals surface area (Å²) < 4.78 is 17.2. The second kappa shape index (κ2) is 12.6. The Morgan fingerprint density at radius 1 is 1.00 bits per heavy atom. The van der Waals surface area contributed by atoms with Gasteiger partial charge in [0.25, 0.3) is 5.91 Å². The fourth-order valence-corrected chi connectivity index (χ4v) is 3.29. The fraction of sp³-hybridized carbons (Fsp3) is 0.192. The molecule has 0 aliphatic carbocycles. The van der Waals surface area contributed by atoms with Crippen LogP contribution in [0.2, 0.25) is 0 Å². The van der Waals surface area contributed by atoms with Crippen LogP contribution < -0.4 is 19.6 Å². The molecule has 7 nitrogen and oxygen atoms in total. The molecule has 8 heteroatoms. The number of benzene rings is 3. The van der Waals surface area contributed by atoms with Crippen LogP contribution in [0, 0.1) is 0 Å². The van der Waals surface area contributed by atoms with E-state index in [1.165, 1.54) is 13.3 Å². The Hall–Kier alpha value is -3.65. The molecule has 1 N–H and O–H groups in total. The molecule has 0 bridgehead atoms. The van der Waals surface area contributed by atoms with Crippen LogP contribution in [0.4, 0.5) is 0 Å². The Bertz CT molecular complexity index is 1160. The molecule has 0 unspecified atom stereocenters. The first-order chi connectivity index (χ1) is 16.5. The number of amides is 1. The van der Waals surface area contributed by atoms with Gasteiger partial charge in [0.05, 0.1) is 25.5 Å². The van der Waals surface area contributed by atoms with Gasteiger partial charge in [-0.15, -0.1) is 0 Å². The van der Waals surface area contributed by atoms with Gasteiger partial charge < -0.3 is 14.2 Å². The predicted octanol–water partition coefficient (Wildman–Crippen LogP) is 5.62. The number of carbonyl (C=O) groups is 2. The number of unbranched alkanes of at least 4 members (excludes halogenated alkanes) is 1. The third-order valence-corrected chi connectivity index (χ3v) is 5.21. The topological polar surface area (TPSA) is 86.2 Å². The van der Waals surface area contributed by atoms with Crippen LogP contribution in [-0.2, 0) is 0 Å². The highest BCUT2D eigenvalue weighted by Crippen LogP contribution is 2.28. The summed E-state index contributed by atoms with van der Waals surface area (Å²) in [6.07, 6.45) is 3.52. The van der Waals surface area contributed by atoms with Crippen molar-refractivity contribution in [1.29, 1.82) is 0 Å². The normalized spacial score (nSPS) is 10.7. The second-order valence-electron chi connectivity index (χ2n) is 7.24. The van der Waals surface area contributed by atoms with E-state index in [1.807, 2.05) is 6.07 Å². The third-order valence-electron chi connectivity index (χ3n) is 4.71.